The van der Waals surface area contributed by atoms with Crippen LogP contribution in [-0.2, 0) is 11.2 Å². The topological polar surface area (TPSA) is 69.4 Å². The Morgan fingerprint density at radius 1 is 1.32 bits per heavy atom. The Kier molecular flexibility index (Phi) is 3.94. The highest BCUT2D eigenvalue weighted by atomic mass is 79.9. The van der Waals surface area contributed by atoms with Crippen molar-refractivity contribution in [3.63, 3.8) is 0 Å². The molecule has 3 aliphatic rings. The van der Waals surface area contributed by atoms with Crippen LogP contribution >= 0.6 is 15.9 Å². The number of benzene rings is 1. The van der Waals surface area contributed by atoms with E-state index in [1.165, 1.54) is 7.11 Å². The summed E-state index contributed by atoms with van der Waals surface area (Å²) in [6.45, 7) is 2.14. The number of hydrogen-bond acceptors (Lipinski definition) is 4. The lowest BCUT2D eigenvalue weighted by Crippen LogP contribution is -2.42. The van der Waals surface area contributed by atoms with Gasteiger partial charge >= 0.3 is 5.69 Å². The predicted molar refractivity (Wildman–Crippen MR) is 97.0 cm³/mol. The quantitative estimate of drug-likeness (QED) is 0.521. The standard InChI is InChI=1S/C19H22BrNO4/c1-19-8-7-10-11(14(19)5-6-16(19)22)3-4-12-13(10)9-15(21(23)24)18(25-2)17(12)20/h9-11,14H,3-8H2,1-2H3. The molecule has 4 rings (SSSR count). The Balaban J connectivity index is 1.81. The molecular weight excluding hydrogens is 386 g/mol. The van der Waals surface area contributed by atoms with Gasteiger partial charge in [0, 0.05) is 17.9 Å². The van der Waals surface area contributed by atoms with E-state index in [2.05, 4.69) is 22.9 Å². The smallest absolute Gasteiger partial charge is 0.312 e. The van der Waals surface area contributed by atoms with E-state index in [4.69, 9.17) is 4.74 Å². The van der Waals surface area contributed by atoms with Crippen LogP contribution < -0.4 is 4.74 Å². The predicted octanol–water partition coefficient (Wildman–Crippen LogP) is 4.79. The summed E-state index contributed by atoms with van der Waals surface area (Å²) in [6.07, 6.45) is 5.44. The Hall–Kier alpha value is -1.43. The molecule has 0 amide bonds. The second kappa shape index (κ2) is 5.79. The summed E-state index contributed by atoms with van der Waals surface area (Å²) in [5.74, 6) is 1.93. The Bertz CT molecular complexity index is 777. The Morgan fingerprint density at radius 3 is 2.76 bits per heavy atom. The number of carbonyl (C=O) groups excluding carboxylic acids is 1. The first-order valence-corrected chi connectivity index (χ1v) is 9.74. The van der Waals surface area contributed by atoms with Crippen molar-refractivity contribution < 1.29 is 14.5 Å². The summed E-state index contributed by atoms with van der Waals surface area (Å²) >= 11 is 3.56. The number of nitro benzene ring substituents is 1. The van der Waals surface area contributed by atoms with E-state index in [0.717, 1.165) is 47.7 Å². The molecule has 0 heterocycles. The van der Waals surface area contributed by atoms with Gasteiger partial charge in [-0.05, 0) is 76.9 Å². The van der Waals surface area contributed by atoms with Gasteiger partial charge in [0.15, 0.2) is 0 Å². The second-order valence-corrected chi connectivity index (χ2v) is 8.69. The van der Waals surface area contributed by atoms with Crippen LogP contribution in [0, 0.1) is 27.4 Å². The van der Waals surface area contributed by atoms with Gasteiger partial charge in [-0.25, -0.2) is 0 Å². The van der Waals surface area contributed by atoms with Crippen LogP contribution in [0.4, 0.5) is 5.69 Å². The number of hydrogen-bond donors (Lipinski definition) is 0. The van der Waals surface area contributed by atoms with Crippen LogP contribution in [0.3, 0.4) is 0 Å². The first-order chi connectivity index (χ1) is 11.9. The highest BCUT2D eigenvalue weighted by molar-refractivity contribution is 9.10. The molecule has 2 saturated carbocycles. The van der Waals surface area contributed by atoms with Crippen LogP contribution in [0.15, 0.2) is 10.5 Å². The monoisotopic (exact) mass is 407 g/mol. The molecule has 0 saturated heterocycles. The summed E-state index contributed by atoms with van der Waals surface area (Å²) in [5.41, 5.74) is 2.10. The number of halogens is 1. The van der Waals surface area contributed by atoms with E-state index >= 15 is 0 Å². The number of ketones is 1. The van der Waals surface area contributed by atoms with Gasteiger partial charge < -0.3 is 4.74 Å². The Morgan fingerprint density at radius 2 is 2.08 bits per heavy atom. The third-order valence-corrected chi connectivity index (χ3v) is 7.85. The maximum atomic E-state index is 12.4. The summed E-state index contributed by atoms with van der Waals surface area (Å²) in [7, 11) is 1.47. The van der Waals surface area contributed by atoms with Crippen LogP contribution in [0.5, 0.6) is 5.75 Å². The molecule has 6 heteroatoms. The minimum Gasteiger partial charge on any atom is -0.489 e. The molecule has 1 aromatic rings. The molecule has 4 atom stereocenters. The average molecular weight is 408 g/mol. The number of methoxy groups -OCH3 is 1. The molecule has 1 aromatic carbocycles. The summed E-state index contributed by atoms with van der Waals surface area (Å²) in [4.78, 5) is 23.6. The number of carbonyl (C=O) groups is 1. The maximum Gasteiger partial charge on any atom is 0.312 e. The van der Waals surface area contributed by atoms with E-state index in [1.807, 2.05) is 0 Å². The molecule has 134 valence electrons. The molecule has 0 aromatic heterocycles. The van der Waals surface area contributed by atoms with Gasteiger partial charge in [-0.1, -0.05) is 6.92 Å². The second-order valence-electron chi connectivity index (χ2n) is 7.90. The van der Waals surface area contributed by atoms with E-state index in [9.17, 15) is 14.9 Å². The van der Waals surface area contributed by atoms with Gasteiger partial charge in [-0.2, -0.15) is 0 Å². The summed E-state index contributed by atoms with van der Waals surface area (Å²) in [5, 5.41) is 11.5. The van der Waals surface area contributed by atoms with Crippen molar-refractivity contribution in [3.8, 4) is 5.75 Å². The molecule has 3 aliphatic carbocycles. The van der Waals surface area contributed by atoms with Crippen molar-refractivity contribution in [1.29, 1.82) is 0 Å². The summed E-state index contributed by atoms with van der Waals surface area (Å²) < 4.78 is 6.04. The SMILES string of the molecule is COc1c([N+](=O)[O-])cc2c(c1Br)CCC1C2CCC2(C)C(=O)CCC12. The van der Waals surface area contributed by atoms with Gasteiger partial charge in [0.1, 0.15) is 5.78 Å². The molecule has 0 N–H and O–H groups in total. The number of Topliss-reactive ketones (excluding diaryl/α,β-unsaturated/α-hetero) is 1. The van der Waals surface area contributed by atoms with Gasteiger partial charge in [-0.15, -0.1) is 0 Å². The first-order valence-electron chi connectivity index (χ1n) is 8.95. The van der Waals surface area contributed by atoms with E-state index in [0.29, 0.717) is 35.7 Å². The third kappa shape index (κ3) is 2.29. The number of rotatable bonds is 2. The lowest BCUT2D eigenvalue weighted by atomic mass is 9.55. The zero-order valence-electron chi connectivity index (χ0n) is 14.5. The molecule has 2 fully saturated rings. The lowest BCUT2D eigenvalue weighted by molar-refractivity contribution is -0.385. The molecule has 25 heavy (non-hydrogen) atoms. The van der Waals surface area contributed by atoms with Gasteiger partial charge in [-0.3, -0.25) is 14.9 Å². The van der Waals surface area contributed by atoms with E-state index in [-0.39, 0.29) is 16.0 Å². The fraction of sp³-hybridized carbons (Fsp3) is 0.632. The molecule has 4 unspecified atom stereocenters. The number of fused-ring (bicyclic) bond motifs is 5. The van der Waals surface area contributed by atoms with E-state index in [1.54, 1.807) is 6.07 Å². The highest BCUT2D eigenvalue weighted by Gasteiger charge is 2.55. The molecule has 0 spiro atoms. The fourth-order valence-corrected chi connectivity index (χ4v) is 6.54. The number of nitrogens with zero attached hydrogens (tertiary/aromatic N) is 1. The van der Waals surface area contributed by atoms with Crippen molar-refractivity contribution in [1.82, 2.24) is 0 Å². The van der Waals surface area contributed by atoms with Crippen LogP contribution in [-0.4, -0.2) is 17.8 Å². The Labute approximate surface area is 155 Å². The molecule has 0 bridgehead atoms. The molecule has 5 nitrogen and oxygen atoms in total. The zero-order valence-corrected chi connectivity index (χ0v) is 16.1. The number of ether oxygens (including phenoxy) is 1. The zero-order chi connectivity index (χ0) is 17.9. The fourth-order valence-electron chi connectivity index (χ4n) is 5.75. The van der Waals surface area contributed by atoms with Crippen molar-refractivity contribution in [2.45, 2.75) is 51.4 Å². The van der Waals surface area contributed by atoms with Gasteiger partial charge in [0.2, 0.25) is 5.75 Å². The van der Waals surface area contributed by atoms with Crippen molar-refractivity contribution in [2.75, 3.05) is 7.11 Å². The molecule has 0 radical (unpaired) electrons. The first kappa shape index (κ1) is 17.0. The molecular formula is C19H22BrNO4. The highest BCUT2D eigenvalue weighted by Crippen LogP contribution is 2.60. The molecule has 0 aliphatic heterocycles. The minimum atomic E-state index is -0.362. The van der Waals surface area contributed by atoms with Crippen molar-refractivity contribution in [3.05, 3.63) is 31.8 Å². The lowest BCUT2D eigenvalue weighted by Gasteiger charge is -2.48. The largest absolute Gasteiger partial charge is 0.489 e. The minimum absolute atomic E-state index is 0.0320. The van der Waals surface area contributed by atoms with Crippen LogP contribution in [0.1, 0.15) is 56.1 Å². The number of nitro groups is 1. The van der Waals surface area contributed by atoms with E-state index < -0.39 is 0 Å². The van der Waals surface area contributed by atoms with Crippen LogP contribution in [0.2, 0.25) is 0 Å². The third-order valence-electron chi connectivity index (χ3n) is 7.01. The van der Waals surface area contributed by atoms with Gasteiger partial charge in [0.05, 0.1) is 16.5 Å². The van der Waals surface area contributed by atoms with Crippen molar-refractivity contribution in [2.24, 2.45) is 17.3 Å². The van der Waals surface area contributed by atoms with Crippen molar-refractivity contribution >= 4 is 27.4 Å². The average Bonchev–Trinajstić information content (AvgIpc) is 2.89. The summed E-state index contributed by atoms with van der Waals surface area (Å²) in [6, 6.07) is 1.73. The van der Waals surface area contributed by atoms with Crippen LogP contribution in [0.25, 0.3) is 0 Å². The maximum absolute atomic E-state index is 12.4. The normalized spacial score (nSPS) is 33.4. The van der Waals surface area contributed by atoms with Gasteiger partial charge in [0.25, 0.3) is 0 Å².